The van der Waals surface area contributed by atoms with E-state index in [0.717, 1.165) is 19.0 Å². The van der Waals surface area contributed by atoms with Crippen LogP contribution in [0.1, 0.15) is 26.2 Å². The lowest BCUT2D eigenvalue weighted by Crippen LogP contribution is -2.30. The van der Waals surface area contributed by atoms with Gasteiger partial charge in [-0.3, -0.25) is 0 Å². The summed E-state index contributed by atoms with van der Waals surface area (Å²) in [6.07, 6.45) is 7.61. The number of anilines is 1. The first kappa shape index (κ1) is 10.5. The zero-order chi connectivity index (χ0) is 10.7. The Hall–Kier alpha value is -1.03. The molecule has 0 saturated heterocycles. The van der Waals surface area contributed by atoms with E-state index in [1.165, 1.54) is 19.3 Å². The molecule has 2 atom stereocenters. The van der Waals surface area contributed by atoms with E-state index in [1.54, 1.807) is 0 Å². The highest BCUT2D eigenvalue weighted by Crippen LogP contribution is 2.27. The number of nitrogens with one attached hydrogen (secondary N) is 1. The van der Waals surface area contributed by atoms with Gasteiger partial charge in [-0.05, 0) is 32.2 Å². The molecule has 1 aliphatic rings. The lowest BCUT2D eigenvalue weighted by atomic mass is 10.0. The van der Waals surface area contributed by atoms with E-state index in [9.17, 15) is 0 Å². The van der Waals surface area contributed by atoms with E-state index in [-0.39, 0.29) is 0 Å². The summed E-state index contributed by atoms with van der Waals surface area (Å²) in [5, 5.41) is 3.51. The summed E-state index contributed by atoms with van der Waals surface area (Å²) in [7, 11) is 0. The van der Waals surface area contributed by atoms with E-state index in [2.05, 4.69) is 21.8 Å². The van der Waals surface area contributed by atoms with Crippen molar-refractivity contribution >= 4 is 5.95 Å². The van der Waals surface area contributed by atoms with Crippen LogP contribution >= 0.6 is 0 Å². The molecule has 0 bridgehead atoms. The van der Waals surface area contributed by atoms with Crippen molar-refractivity contribution in [3.63, 3.8) is 0 Å². The summed E-state index contributed by atoms with van der Waals surface area (Å²) in [6, 6.07) is 0.516. The maximum absolute atomic E-state index is 5.76. The molecular weight excluding hydrogens is 188 g/mol. The Morgan fingerprint density at radius 3 is 3.20 bits per heavy atom. The van der Waals surface area contributed by atoms with Crippen LogP contribution in [0.5, 0.6) is 0 Å². The van der Waals surface area contributed by atoms with Crippen LogP contribution in [0.3, 0.4) is 0 Å². The quantitative estimate of drug-likeness (QED) is 0.787. The summed E-state index contributed by atoms with van der Waals surface area (Å²) < 4.78 is 2.13. The van der Waals surface area contributed by atoms with Gasteiger partial charge < -0.3 is 15.6 Å². The van der Waals surface area contributed by atoms with Gasteiger partial charge in [0.1, 0.15) is 0 Å². The summed E-state index contributed by atoms with van der Waals surface area (Å²) in [4.78, 5) is 4.33. The van der Waals surface area contributed by atoms with Gasteiger partial charge in [-0.25, -0.2) is 4.98 Å². The van der Waals surface area contributed by atoms with E-state index in [1.807, 2.05) is 12.4 Å². The van der Waals surface area contributed by atoms with Gasteiger partial charge in [0, 0.05) is 25.0 Å². The molecule has 4 nitrogen and oxygen atoms in total. The standard InChI is InChI=1S/C11H20N4/c1-2-15-7-6-13-11(15)14-10-5-3-4-9(10)8-12/h6-7,9-10H,2-5,8,12H2,1H3,(H,13,14). The first-order chi connectivity index (χ1) is 7.35. The van der Waals surface area contributed by atoms with Crippen molar-refractivity contribution in [2.75, 3.05) is 11.9 Å². The number of hydrogen-bond acceptors (Lipinski definition) is 3. The minimum atomic E-state index is 0.516. The van der Waals surface area contributed by atoms with Crippen molar-refractivity contribution in [3.05, 3.63) is 12.4 Å². The maximum Gasteiger partial charge on any atom is 0.202 e. The highest BCUT2D eigenvalue weighted by Gasteiger charge is 2.26. The predicted molar refractivity (Wildman–Crippen MR) is 61.7 cm³/mol. The molecule has 0 amide bonds. The van der Waals surface area contributed by atoms with E-state index in [0.29, 0.717) is 12.0 Å². The number of hydrogen-bond donors (Lipinski definition) is 2. The summed E-state index contributed by atoms with van der Waals surface area (Å²) in [5.74, 6) is 1.61. The Morgan fingerprint density at radius 2 is 2.47 bits per heavy atom. The second-order valence-electron chi connectivity index (χ2n) is 4.21. The molecule has 0 spiro atoms. The SMILES string of the molecule is CCn1ccnc1NC1CCCC1CN. The van der Waals surface area contributed by atoms with Gasteiger partial charge in [0.05, 0.1) is 0 Å². The van der Waals surface area contributed by atoms with Crippen LogP contribution in [0.15, 0.2) is 12.4 Å². The smallest absolute Gasteiger partial charge is 0.202 e. The molecule has 2 rings (SSSR count). The molecule has 3 N–H and O–H groups in total. The fourth-order valence-electron chi connectivity index (χ4n) is 2.38. The molecule has 1 heterocycles. The van der Waals surface area contributed by atoms with Crippen molar-refractivity contribution in [3.8, 4) is 0 Å². The zero-order valence-electron chi connectivity index (χ0n) is 9.32. The monoisotopic (exact) mass is 208 g/mol. The largest absolute Gasteiger partial charge is 0.353 e. The van der Waals surface area contributed by atoms with Crippen LogP contribution in [0, 0.1) is 5.92 Å². The molecule has 15 heavy (non-hydrogen) atoms. The Kier molecular flexibility index (Phi) is 3.26. The molecule has 1 aliphatic carbocycles. The topological polar surface area (TPSA) is 55.9 Å². The number of rotatable bonds is 4. The van der Waals surface area contributed by atoms with Gasteiger partial charge in [0.15, 0.2) is 0 Å². The average molecular weight is 208 g/mol. The van der Waals surface area contributed by atoms with Crippen molar-refractivity contribution in [1.82, 2.24) is 9.55 Å². The maximum atomic E-state index is 5.76. The summed E-state index contributed by atoms with van der Waals surface area (Å²) >= 11 is 0. The number of nitrogens with zero attached hydrogens (tertiary/aromatic N) is 2. The van der Waals surface area contributed by atoms with E-state index in [4.69, 9.17) is 5.73 Å². The lowest BCUT2D eigenvalue weighted by molar-refractivity contribution is 0.511. The van der Waals surface area contributed by atoms with Gasteiger partial charge >= 0.3 is 0 Å². The minimum Gasteiger partial charge on any atom is -0.353 e. The number of imidazole rings is 1. The molecule has 84 valence electrons. The van der Waals surface area contributed by atoms with Gasteiger partial charge in [0.25, 0.3) is 0 Å². The number of aromatic nitrogens is 2. The second kappa shape index (κ2) is 4.66. The van der Waals surface area contributed by atoms with Crippen LogP contribution in [-0.2, 0) is 6.54 Å². The molecule has 4 heteroatoms. The molecule has 2 unspecified atom stereocenters. The fraction of sp³-hybridized carbons (Fsp3) is 0.727. The minimum absolute atomic E-state index is 0.516. The lowest BCUT2D eigenvalue weighted by Gasteiger charge is -2.20. The fourth-order valence-corrected chi connectivity index (χ4v) is 2.38. The van der Waals surface area contributed by atoms with Crippen molar-refractivity contribution in [2.24, 2.45) is 11.7 Å². The Bertz CT molecular complexity index is 307. The first-order valence-corrected chi connectivity index (χ1v) is 5.83. The molecule has 0 radical (unpaired) electrons. The van der Waals surface area contributed by atoms with Gasteiger partial charge in [-0.15, -0.1) is 0 Å². The Morgan fingerprint density at radius 1 is 1.60 bits per heavy atom. The van der Waals surface area contributed by atoms with Crippen LogP contribution in [-0.4, -0.2) is 22.1 Å². The normalized spacial score (nSPS) is 25.7. The number of nitrogens with two attached hydrogens (primary N) is 1. The van der Waals surface area contributed by atoms with Crippen molar-refractivity contribution < 1.29 is 0 Å². The number of aryl methyl sites for hydroxylation is 1. The van der Waals surface area contributed by atoms with Gasteiger partial charge in [0.2, 0.25) is 5.95 Å². The summed E-state index contributed by atoms with van der Waals surface area (Å²) in [5.41, 5.74) is 5.76. The predicted octanol–water partition coefficient (Wildman–Crippen LogP) is 1.44. The third kappa shape index (κ3) is 2.15. The second-order valence-corrected chi connectivity index (χ2v) is 4.21. The molecular formula is C11H20N4. The Balaban J connectivity index is 2.01. The van der Waals surface area contributed by atoms with E-state index >= 15 is 0 Å². The van der Waals surface area contributed by atoms with Crippen LogP contribution < -0.4 is 11.1 Å². The molecule has 0 aromatic carbocycles. The van der Waals surface area contributed by atoms with Crippen LogP contribution in [0.4, 0.5) is 5.95 Å². The van der Waals surface area contributed by atoms with Crippen molar-refractivity contribution in [1.29, 1.82) is 0 Å². The van der Waals surface area contributed by atoms with E-state index < -0.39 is 0 Å². The van der Waals surface area contributed by atoms with Crippen LogP contribution in [0.2, 0.25) is 0 Å². The van der Waals surface area contributed by atoms with Crippen LogP contribution in [0.25, 0.3) is 0 Å². The van der Waals surface area contributed by atoms with Gasteiger partial charge in [-0.1, -0.05) is 6.42 Å². The highest BCUT2D eigenvalue weighted by molar-refractivity contribution is 5.28. The van der Waals surface area contributed by atoms with Gasteiger partial charge in [-0.2, -0.15) is 0 Å². The third-order valence-corrected chi connectivity index (χ3v) is 3.33. The highest BCUT2D eigenvalue weighted by atomic mass is 15.2. The Labute approximate surface area is 90.9 Å². The molecule has 1 saturated carbocycles. The molecule has 1 aromatic rings. The molecule has 1 fully saturated rings. The summed E-state index contributed by atoms with van der Waals surface area (Å²) in [6.45, 7) is 3.87. The first-order valence-electron chi connectivity index (χ1n) is 5.83. The molecule has 1 aromatic heterocycles. The van der Waals surface area contributed by atoms with Crippen molar-refractivity contribution in [2.45, 2.75) is 38.8 Å². The molecule has 0 aliphatic heterocycles. The average Bonchev–Trinajstić information content (AvgIpc) is 2.87. The third-order valence-electron chi connectivity index (χ3n) is 3.33. The zero-order valence-corrected chi connectivity index (χ0v) is 9.32.